The average molecular weight is 292 g/mol. The van der Waals surface area contributed by atoms with E-state index in [4.69, 9.17) is 11.6 Å². The van der Waals surface area contributed by atoms with Gasteiger partial charge in [-0.15, -0.1) is 0 Å². The molecular weight excluding hydrogens is 266 g/mol. The van der Waals surface area contributed by atoms with E-state index in [9.17, 15) is 0 Å². The minimum absolute atomic E-state index is 0.382. The van der Waals surface area contributed by atoms with Crippen LogP contribution in [0.1, 0.15) is 58.6 Å². The summed E-state index contributed by atoms with van der Waals surface area (Å²) in [6, 6.07) is 9.25. The molecule has 0 saturated heterocycles. The van der Waals surface area contributed by atoms with Gasteiger partial charge < -0.3 is 5.32 Å². The van der Waals surface area contributed by atoms with Crippen molar-refractivity contribution in [3.8, 4) is 0 Å². The number of rotatable bonds is 3. The molecule has 0 heterocycles. The Kier molecular flexibility index (Phi) is 3.42. The molecular formula is C18H26ClN. The first-order chi connectivity index (χ1) is 9.33. The maximum atomic E-state index is 5.99. The molecule has 1 nitrogen and oxygen atoms in total. The van der Waals surface area contributed by atoms with Crippen molar-refractivity contribution in [3.05, 3.63) is 34.9 Å². The zero-order chi connectivity index (χ0) is 14.5. The summed E-state index contributed by atoms with van der Waals surface area (Å²) in [7, 11) is 0. The first-order valence-corrected chi connectivity index (χ1v) is 8.22. The Morgan fingerprint density at radius 3 is 2.40 bits per heavy atom. The lowest BCUT2D eigenvalue weighted by molar-refractivity contribution is 0.100. The third-order valence-electron chi connectivity index (χ3n) is 6.06. The third-order valence-corrected chi connectivity index (χ3v) is 6.31. The molecule has 20 heavy (non-hydrogen) atoms. The lowest BCUT2D eigenvalue weighted by Gasteiger charge is -2.44. The third kappa shape index (κ3) is 2.19. The second-order valence-corrected chi connectivity index (χ2v) is 8.22. The molecule has 2 aliphatic rings. The van der Waals surface area contributed by atoms with Gasteiger partial charge in [-0.05, 0) is 60.6 Å². The van der Waals surface area contributed by atoms with Crippen LogP contribution in [-0.4, -0.2) is 6.04 Å². The van der Waals surface area contributed by atoms with Crippen LogP contribution >= 0.6 is 11.6 Å². The lowest BCUT2D eigenvalue weighted by atomic mass is 9.68. The Bertz CT molecular complexity index is 488. The van der Waals surface area contributed by atoms with E-state index < -0.39 is 0 Å². The van der Waals surface area contributed by atoms with Gasteiger partial charge in [0.1, 0.15) is 0 Å². The molecule has 0 spiro atoms. The van der Waals surface area contributed by atoms with Crippen molar-refractivity contribution in [1.29, 1.82) is 0 Å². The first-order valence-electron chi connectivity index (χ1n) is 7.84. The molecule has 2 aliphatic carbocycles. The molecule has 110 valence electrons. The van der Waals surface area contributed by atoms with Crippen LogP contribution in [0.25, 0.3) is 0 Å². The SMILES string of the molecule is C[C@@H](NC1C(C)(C)[C@H]2CC[C@]1(C)C2)c1ccc(Cl)cc1. The second kappa shape index (κ2) is 4.74. The summed E-state index contributed by atoms with van der Waals surface area (Å²) in [5.74, 6) is 0.891. The highest BCUT2D eigenvalue weighted by atomic mass is 35.5. The fraction of sp³-hybridized carbons (Fsp3) is 0.667. The van der Waals surface area contributed by atoms with Gasteiger partial charge in [0.2, 0.25) is 0 Å². The normalized spacial score (nSPS) is 36.2. The fourth-order valence-corrected chi connectivity index (χ4v) is 4.94. The van der Waals surface area contributed by atoms with E-state index in [1.165, 1.54) is 24.8 Å². The van der Waals surface area contributed by atoms with Crippen LogP contribution in [-0.2, 0) is 0 Å². The summed E-state index contributed by atoms with van der Waals surface area (Å²) in [4.78, 5) is 0. The maximum absolute atomic E-state index is 5.99. The van der Waals surface area contributed by atoms with Crippen LogP contribution in [0, 0.1) is 16.7 Å². The summed E-state index contributed by atoms with van der Waals surface area (Å²) in [6.07, 6.45) is 4.19. The van der Waals surface area contributed by atoms with Crippen molar-refractivity contribution >= 4 is 11.6 Å². The predicted octanol–water partition coefficient (Wildman–Crippen LogP) is 5.21. The van der Waals surface area contributed by atoms with E-state index in [-0.39, 0.29) is 0 Å². The Balaban J connectivity index is 1.78. The molecule has 2 fully saturated rings. The van der Waals surface area contributed by atoms with Crippen LogP contribution in [0.4, 0.5) is 0 Å². The molecule has 4 atom stereocenters. The standard InChI is InChI=1S/C18H26ClN/c1-12(13-5-7-15(19)8-6-13)20-16-17(2,3)14-9-10-18(16,4)11-14/h5-8,12,14,16,20H,9-11H2,1-4H3/t12-,14+,16?,18-/m1/s1. The summed E-state index contributed by atoms with van der Waals surface area (Å²) in [5.41, 5.74) is 2.22. The smallest absolute Gasteiger partial charge is 0.0406 e. The lowest BCUT2D eigenvalue weighted by Crippen LogP contribution is -2.50. The summed E-state index contributed by atoms with van der Waals surface area (Å²) in [5, 5.41) is 4.75. The highest BCUT2D eigenvalue weighted by Gasteiger charge is 2.59. The van der Waals surface area contributed by atoms with Crippen molar-refractivity contribution in [2.75, 3.05) is 0 Å². The fourth-order valence-electron chi connectivity index (χ4n) is 4.82. The van der Waals surface area contributed by atoms with Crippen molar-refractivity contribution in [3.63, 3.8) is 0 Å². The molecule has 1 aromatic rings. The highest BCUT2D eigenvalue weighted by molar-refractivity contribution is 6.30. The largest absolute Gasteiger partial charge is 0.306 e. The number of fused-ring (bicyclic) bond motifs is 2. The van der Waals surface area contributed by atoms with Crippen LogP contribution in [0.15, 0.2) is 24.3 Å². The first kappa shape index (κ1) is 14.4. The molecule has 3 rings (SSSR count). The predicted molar refractivity (Wildman–Crippen MR) is 86.0 cm³/mol. The van der Waals surface area contributed by atoms with Crippen molar-refractivity contribution < 1.29 is 0 Å². The van der Waals surface area contributed by atoms with E-state index in [1.54, 1.807) is 0 Å². The Hall–Kier alpha value is -0.530. The molecule has 1 aromatic carbocycles. The van der Waals surface area contributed by atoms with E-state index in [0.29, 0.717) is 22.9 Å². The number of benzene rings is 1. The van der Waals surface area contributed by atoms with Crippen LogP contribution < -0.4 is 5.32 Å². The average Bonchev–Trinajstić information content (AvgIpc) is 2.86. The molecule has 2 heteroatoms. The second-order valence-electron chi connectivity index (χ2n) is 7.79. The molecule has 0 amide bonds. The molecule has 1 unspecified atom stereocenters. The monoisotopic (exact) mass is 291 g/mol. The molecule has 0 aromatic heterocycles. The van der Waals surface area contributed by atoms with Crippen molar-refractivity contribution in [2.45, 2.75) is 59.0 Å². The zero-order valence-electron chi connectivity index (χ0n) is 13.0. The topological polar surface area (TPSA) is 12.0 Å². The zero-order valence-corrected chi connectivity index (χ0v) is 13.8. The number of hydrogen-bond donors (Lipinski definition) is 1. The van der Waals surface area contributed by atoms with Crippen LogP contribution in [0.5, 0.6) is 0 Å². The van der Waals surface area contributed by atoms with Gasteiger partial charge in [0.25, 0.3) is 0 Å². The minimum Gasteiger partial charge on any atom is -0.306 e. The maximum Gasteiger partial charge on any atom is 0.0406 e. The van der Waals surface area contributed by atoms with E-state index in [0.717, 1.165) is 10.9 Å². The van der Waals surface area contributed by atoms with Gasteiger partial charge in [0.15, 0.2) is 0 Å². The molecule has 0 radical (unpaired) electrons. The van der Waals surface area contributed by atoms with Crippen LogP contribution in [0.3, 0.4) is 0 Å². The Morgan fingerprint density at radius 1 is 1.20 bits per heavy atom. The number of nitrogens with one attached hydrogen (secondary N) is 1. The van der Waals surface area contributed by atoms with E-state index in [2.05, 4.69) is 45.1 Å². The number of halogens is 1. The molecule has 0 aliphatic heterocycles. The molecule has 1 N–H and O–H groups in total. The van der Waals surface area contributed by atoms with Gasteiger partial charge in [-0.3, -0.25) is 0 Å². The summed E-state index contributed by atoms with van der Waals surface area (Å²) >= 11 is 5.99. The Labute approximate surface area is 128 Å². The highest BCUT2D eigenvalue weighted by Crippen LogP contribution is 2.62. The summed E-state index contributed by atoms with van der Waals surface area (Å²) < 4.78 is 0. The van der Waals surface area contributed by atoms with Crippen LogP contribution in [0.2, 0.25) is 5.02 Å². The van der Waals surface area contributed by atoms with E-state index >= 15 is 0 Å². The summed E-state index contributed by atoms with van der Waals surface area (Å²) in [6.45, 7) is 9.66. The quantitative estimate of drug-likeness (QED) is 0.806. The minimum atomic E-state index is 0.382. The Morgan fingerprint density at radius 2 is 1.85 bits per heavy atom. The van der Waals surface area contributed by atoms with Gasteiger partial charge >= 0.3 is 0 Å². The van der Waals surface area contributed by atoms with Gasteiger partial charge in [-0.2, -0.15) is 0 Å². The number of hydrogen-bond acceptors (Lipinski definition) is 1. The van der Waals surface area contributed by atoms with E-state index in [1.807, 2.05) is 12.1 Å². The van der Waals surface area contributed by atoms with Crippen molar-refractivity contribution in [2.24, 2.45) is 16.7 Å². The van der Waals surface area contributed by atoms with Gasteiger partial charge in [0, 0.05) is 17.1 Å². The van der Waals surface area contributed by atoms with Gasteiger partial charge in [-0.1, -0.05) is 44.5 Å². The van der Waals surface area contributed by atoms with Crippen molar-refractivity contribution in [1.82, 2.24) is 5.32 Å². The molecule has 2 bridgehead atoms. The van der Waals surface area contributed by atoms with Gasteiger partial charge in [-0.25, -0.2) is 0 Å². The molecule has 2 saturated carbocycles. The van der Waals surface area contributed by atoms with Gasteiger partial charge in [0.05, 0.1) is 0 Å².